The molecule has 24 heavy (non-hydrogen) atoms. The zero-order valence-electron chi connectivity index (χ0n) is 14.5. The quantitative estimate of drug-likeness (QED) is 0.872. The molecule has 0 fully saturated rings. The van der Waals surface area contributed by atoms with Crippen LogP contribution in [-0.4, -0.2) is 35.3 Å². The summed E-state index contributed by atoms with van der Waals surface area (Å²) in [4.78, 5) is 4.45. The van der Waals surface area contributed by atoms with E-state index in [9.17, 15) is 9.50 Å². The van der Waals surface area contributed by atoms with E-state index in [2.05, 4.69) is 35.4 Å². The van der Waals surface area contributed by atoms with Crippen LogP contribution in [-0.2, 0) is 13.1 Å². The van der Waals surface area contributed by atoms with Crippen molar-refractivity contribution in [3.8, 4) is 11.3 Å². The second-order valence-electron chi connectivity index (χ2n) is 7.29. The number of hydrogen-bond donors (Lipinski definition) is 1. The third-order valence-corrected chi connectivity index (χ3v) is 5.36. The van der Waals surface area contributed by atoms with Gasteiger partial charge in [-0.2, -0.15) is 0 Å². The van der Waals surface area contributed by atoms with Gasteiger partial charge in [0.2, 0.25) is 0 Å². The second-order valence-corrected chi connectivity index (χ2v) is 7.29. The lowest BCUT2D eigenvalue weighted by Crippen LogP contribution is -2.38. The first-order valence-electron chi connectivity index (χ1n) is 8.56. The van der Waals surface area contributed by atoms with E-state index in [1.165, 1.54) is 11.6 Å². The lowest BCUT2D eigenvalue weighted by atomic mass is 9.93. The van der Waals surface area contributed by atoms with Gasteiger partial charge >= 0.3 is 0 Å². The predicted molar refractivity (Wildman–Crippen MR) is 93.3 cm³/mol. The average Bonchev–Trinajstić information content (AvgIpc) is 2.86. The first kappa shape index (κ1) is 15.7. The molecular formula is C19H24FN3O. The van der Waals surface area contributed by atoms with Crippen LogP contribution in [0.1, 0.15) is 30.7 Å². The van der Waals surface area contributed by atoms with Crippen LogP contribution in [0, 0.1) is 11.7 Å². The standard InChI is InChI=1S/C19H24FN3O/c1-12-7-8-23-16(13-5-4-6-14(20)9-13)15-10-21(2)11-22(3)17(15)18(23)19(12)24/h4-6,9,12,19,24H,7-8,10-11H2,1-3H3. The van der Waals surface area contributed by atoms with Crippen LogP contribution in [0.25, 0.3) is 11.3 Å². The number of aliphatic hydroxyl groups is 1. The first-order valence-corrected chi connectivity index (χ1v) is 8.56. The summed E-state index contributed by atoms with van der Waals surface area (Å²) in [6.07, 6.45) is 0.463. The molecule has 128 valence electrons. The first-order chi connectivity index (χ1) is 11.5. The maximum Gasteiger partial charge on any atom is 0.123 e. The molecule has 0 spiro atoms. The van der Waals surface area contributed by atoms with Gasteiger partial charge in [-0.15, -0.1) is 0 Å². The predicted octanol–water partition coefficient (Wildman–Crippen LogP) is 3.21. The largest absolute Gasteiger partial charge is 0.387 e. The van der Waals surface area contributed by atoms with Gasteiger partial charge in [0.15, 0.2) is 0 Å². The number of aliphatic hydroxyl groups excluding tert-OH is 1. The molecule has 0 bridgehead atoms. The van der Waals surface area contributed by atoms with Crippen LogP contribution < -0.4 is 4.90 Å². The fourth-order valence-corrected chi connectivity index (χ4v) is 4.26. The third-order valence-electron chi connectivity index (χ3n) is 5.36. The van der Waals surface area contributed by atoms with Gasteiger partial charge in [0, 0.05) is 31.3 Å². The van der Waals surface area contributed by atoms with Crippen molar-refractivity contribution in [1.29, 1.82) is 0 Å². The lowest BCUT2D eigenvalue weighted by molar-refractivity contribution is 0.0867. The van der Waals surface area contributed by atoms with Crippen molar-refractivity contribution in [2.45, 2.75) is 32.5 Å². The Bertz CT molecular complexity index is 785. The molecule has 0 aliphatic carbocycles. The number of rotatable bonds is 1. The number of benzene rings is 1. The summed E-state index contributed by atoms with van der Waals surface area (Å²) in [6.45, 7) is 4.61. The van der Waals surface area contributed by atoms with Gasteiger partial charge in [0.05, 0.1) is 29.8 Å². The number of fused-ring (bicyclic) bond motifs is 3. The van der Waals surface area contributed by atoms with Crippen molar-refractivity contribution in [2.24, 2.45) is 5.92 Å². The van der Waals surface area contributed by atoms with Crippen molar-refractivity contribution in [3.05, 3.63) is 41.3 Å². The van der Waals surface area contributed by atoms with Crippen LogP contribution in [0.15, 0.2) is 24.3 Å². The molecule has 2 aliphatic rings. The van der Waals surface area contributed by atoms with Crippen molar-refractivity contribution in [3.63, 3.8) is 0 Å². The summed E-state index contributed by atoms with van der Waals surface area (Å²) in [6, 6.07) is 6.80. The van der Waals surface area contributed by atoms with Crippen molar-refractivity contribution in [1.82, 2.24) is 9.47 Å². The molecule has 0 amide bonds. The van der Waals surface area contributed by atoms with Crippen LogP contribution in [0.5, 0.6) is 0 Å². The summed E-state index contributed by atoms with van der Waals surface area (Å²) in [5, 5.41) is 10.8. The van der Waals surface area contributed by atoms with Crippen LogP contribution in [0.3, 0.4) is 0 Å². The Labute approximate surface area is 142 Å². The summed E-state index contributed by atoms with van der Waals surface area (Å²) in [5.41, 5.74) is 5.27. The molecule has 2 unspecified atom stereocenters. The van der Waals surface area contributed by atoms with Crippen molar-refractivity contribution >= 4 is 5.69 Å². The number of nitrogens with zero attached hydrogens (tertiary/aromatic N) is 3. The van der Waals surface area contributed by atoms with Crippen LogP contribution in [0.2, 0.25) is 0 Å². The smallest absolute Gasteiger partial charge is 0.123 e. The van der Waals surface area contributed by atoms with Gasteiger partial charge in [0.25, 0.3) is 0 Å². The molecular weight excluding hydrogens is 305 g/mol. The average molecular weight is 329 g/mol. The van der Waals surface area contributed by atoms with Gasteiger partial charge in [-0.05, 0) is 31.5 Å². The Morgan fingerprint density at radius 3 is 2.79 bits per heavy atom. The molecule has 2 aromatic rings. The molecule has 1 aromatic carbocycles. The number of aromatic nitrogens is 1. The Hall–Kier alpha value is -1.85. The van der Waals surface area contributed by atoms with Gasteiger partial charge in [-0.25, -0.2) is 4.39 Å². The molecule has 4 nitrogen and oxygen atoms in total. The number of anilines is 1. The summed E-state index contributed by atoms with van der Waals surface area (Å²) >= 11 is 0. The third kappa shape index (κ3) is 2.26. The highest BCUT2D eigenvalue weighted by molar-refractivity contribution is 5.77. The van der Waals surface area contributed by atoms with Crippen LogP contribution >= 0.6 is 0 Å². The highest BCUT2D eigenvalue weighted by Crippen LogP contribution is 2.47. The Balaban J connectivity index is 2.00. The summed E-state index contributed by atoms with van der Waals surface area (Å²) in [7, 11) is 4.15. The minimum Gasteiger partial charge on any atom is -0.387 e. The normalized spacial score (nSPS) is 24.0. The Morgan fingerprint density at radius 1 is 1.25 bits per heavy atom. The summed E-state index contributed by atoms with van der Waals surface area (Å²) < 4.78 is 16.1. The Kier molecular flexibility index (Phi) is 3.66. The van der Waals surface area contributed by atoms with E-state index in [1.54, 1.807) is 12.1 Å². The minimum absolute atomic E-state index is 0.223. The Morgan fingerprint density at radius 2 is 2.04 bits per heavy atom. The molecule has 1 N–H and O–H groups in total. The van der Waals surface area contributed by atoms with Gasteiger partial charge in [-0.1, -0.05) is 19.1 Å². The van der Waals surface area contributed by atoms with Gasteiger partial charge in [0.1, 0.15) is 5.82 Å². The molecule has 0 saturated heterocycles. The molecule has 3 heterocycles. The molecule has 4 rings (SSSR count). The topological polar surface area (TPSA) is 31.6 Å². The fraction of sp³-hybridized carbons (Fsp3) is 0.474. The van der Waals surface area contributed by atoms with E-state index in [-0.39, 0.29) is 11.7 Å². The zero-order valence-corrected chi connectivity index (χ0v) is 14.5. The SMILES string of the molecule is CC1CCn2c(-c3cccc(F)c3)c3c(c2C1O)N(C)CN(C)C3. The number of hydrogen-bond acceptors (Lipinski definition) is 3. The van der Waals surface area contributed by atoms with E-state index in [0.717, 1.165) is 48.8 Å². The monoisotopic (exact) mass is 329 g/mol. The second kappa shape index (κ2) is 5.60. The molecule has 5 heteroatoms. The maximum absolute atomic E-state index is 13.8. The van der Waals surface area contributed by atoms with Crippen molar-refractivity contribution < 1.29 is 9.50 Å². The fourth-order valence-electron chi connectivity index (χ4n) is 4.26. The van der Waals surface area contributed by atoms with E-state index in [0.29, 0.717) is 0 Å². The molecule has 0 saturated carbocycles. The van der Waals surface area contributed by atoms with Gasteiger partial charge in [-0.3, -0.25) is 4.90 Å². The maximum atomic E-state index is 13.8. The van der Waals surface area contributed by atoms with E-state index in [1.807, 2.05) is 6.07 Å². The molecule has 2 atom stereocenters. The number of halogens is 1. The van der Waals surface area contributed by atoms with Crippen molar-refractivity contribution in [2.75, 3.05) is 25.7 Å². The molecule has 1 aromatic heterocycles. The van der Waals surface area contributed by atoms with Gasteiger partial charge < -0.3 is 14.6 Å². The van der Waals surface area contributed by atoms with E-state index >= 15 is 0 Å². The van der Waals surface area contributed by atoms with E-state index < -0.39 is 6.10 Å². The minimum atomic E-state index is -0.472. The highest BCUT2D eigenvalue weighted by atomic mass is 19.1. The zero-order chi connectivity index (χ0) is 17.0. The van der Waals surface area contributed by atoms with E-state index in [4.69, 9.17) is 0 Å². The van der Waals surface area contributed by atoms with Crippen LogP contribution in [0.4, 0.5) is 10.1 Å². The molecule has 0 radical (unpaired) electrons. The molecule has 2 aliphatic heterocycles. The highest BCUT2D eigenvalue weighted by Gasteiger charge is 2.37. The summed E-state index contributed by atoms with van der Waals surface area (Å²) in [5.74, 6) is 0.0176. The lowest BCUT2D eigenvalue weighted by Gasteiger charge is -2.35.